The maximum absolute atomic E-state index is 5.31. The zero-order valence-electron chi connectivity index (χ0n) is 6.04. The van der Waals surface area contributed by atoms with Gasteiger partial charge in [-0.15, -0.1) is 12.6 Å². The molecule has 0 fully saturated rings. The lowest BCUT2D eigenvalue weighted by atomic mass is 10.3. The number of anilines is 1. The SMILES string of the molecule is NC(=S)Nc1cccc(Br)c1S. The van der Waals surface area contributed by atoms with Crippen LogP contribution in [0.1, 0.15) is 0 Å². The number of nitrogens with one attached hydrogen (secondary N) is 1. The maximum Gasteiger partial charge on any atom is 0.168 e. The van der Waals surface area contributed by atoms with Gasteiger partial charge in [0.25, 0.3) is 0 Å². The quantitative estimate of drug-likeness (QED) is 0.538. The lowest BCUT2D eigenvalue weighted by molar-refractivity contribution is 1.40. The van der Waals surface area contributed by atoms with Crippen LogP contribution in [0.25, 0.3) is 0 Å². The monoisotopic (exact) mass is 262 g/mol. The second-order valence-corrected chi connectivity index (χ2v) is 3.87. The van der Waals surface area contributed by atoms with E-state index < -0.39 is 0 Å². The number of hydrogen-bond acceptors (Lipinski definition) is 2. The van der Waals surface area contributed by atoms with E-state index in [1.54, 1.807) is 0 Å². The van der Waals surface area contributed by atoms with Crippen molar-refractivity contribution in [3.8, 4) is 0 Å². The molecule has 1 aromatic carbocycles. The highest BCUT2D eigenvalue weighted by Crippen LogP contribution is 2.27. The highest BCUT2D eigenvalue weighted by Gasteiger charge is 2.01. The van der Waals surface area contributed by atoms with E-state index in [9.17, 15) is 0 Å². The highest BCUT2D eigenvalue weighted by atomic mass is 79.9. The van der Waals surface area contributed by atoms with Gasteiger partial charge < -0.3 is 11.1 Å². The smallest absolute Gasteiger partial charge is 0.168 e. The minimum atomic E-state index is 0.239. The number of thiocarbonyl (C=S) groups is 1. The van der Waals surface area contributed by atoms with E-state index in [4.69, 9.17) is 18.0 Å². The number of hydrogen-bond donors (Lipinski definition) is 3. The average Bonchev–Trinajstić information content (AvgIpc) is 1.98. The normalized spacial score (nSPS) is 9.50. The average molecular weight is 263 g/mol. The topological polar surface area (TPSA) is 38.0 Å². The first-order valence-electron chi connectivity index (χ1n) is 3.15. The molecular weight excluding hydrogens is 256 g/mol. The van der Waals surface area contributed by atoms with Gasteiger partial charge >= 0.3 is 0 Å². The Morgan fingerprint density at radius 2 is 2.25 bits per heavy atom. The van der Waals surface area contributed by atoms with E-state index in [0.717, 1.165) is 15.1 Å². The maximum atomic E-state index is 5.31. The van der Waals surface area contributed by atoms with Gasteiger partial charge in [-0.1, -0.05) is 6.07 Å². The van der Waals surface area contributed by atoms with Crippen molar-refractivity contribution in [2.24, 2.45) is 5.73 Å². The molecule has 2 nitrogen and oxygen atoms in total. The predicted octanol–water partition coefficient (Wildman–Crippen LogP) is 2.39. The molecule has 64 valence electrons. The van der Waals surface area contributed by atoms with Crippen LogP contribution in [0.15, 0.2) is 27.6 Å². The summed E-state index contributed by atoms with van der Waals surface area (Å²) in [5, 5.41) is 3.06. The first kappa shape index (κ1) is 9.83. The van der Waals surface area contributed by atoms with Crippen molar-refractivity contribution < 1.29 is 0 Å². The number of nitrogens with two attached hydrogens (primary N) is 1. The lowest BCUT2D eigenvalue weighted by Crippen LogP contribution is -2.19. The van der Waals surface area contributed by atoms with Crippen LogP contribution in [0.4, 0.5) is 5.69 Å². The molecule has 0 aromatic heterocycles. The van der Waals surface area contributed by atoms with Crippen LogP contribution >= 0.6 is 40.8 Å². The molecule has 12 heavy (non-hydrogen) atoms. The summed E-state index contributed by atoms with van der Waals surface area (Å²) in [4.78, 5) is 0.797. The first-order chi connectivity index (χ1) is 5.61. The summed E-state index contributed by atoms with van der Waals surface area (Å²) in [6, 6.07) is 5.63. The van der Waals surface area contributed by atoms with Crippen LogP contribution < -0.4 is 11.1 Å². The van der Waals surface area contributed by atoms with E-state index in [1.165, 1.54) is 0 Å². The van der Waals surface area contributed by atoms with Crippen molar-refractivity contribution in [1.82, 2.24) is 0 Å². The molecule has 5 heteroatoms. The molecule has 0 aliphatic rings. The fraction of sp³-hybridized carbons (Fsp3) is 0. The molecule has 0 spiro atoms. The van der Waals surface area contributed by atoms with E-state index >= 15 is 0 Å². The van der Waals surface area contributed by atoms with Gasteiger partial charge in [-0.2, -0.15) is 0 Å². The number of rotatable bonds is 1. The van der Waals surface area contributed by atoms with Gasteiger partial charge in [0.05, 0.1) is 5.69 Å². The Kier molecular flexibility index (Phi) is 3.37. The summed E-state index contributed by atoms with van der Waals surface area (Å²) < 4.78 is 0.909. The fourth-order valence-electron chi connectivity index (χ4n) is 0.749. The van der Waals surface area contributed by atoms with Crippen molar-refractivity contribution >= 4 is 51.6 Å². The molecule has 0 heterocycles. The Bertz CT molecular complexity index is 314. The Balaban J connectivity index is 3.00. The fourth-order valence-corrected chi connectivity index (χ4v) is 1.43. The largest absolute Gasteiger partial charge is 0.376 e. The van der Waals surface area contributed by atoms with E-state index in [-0.39, 0.29) is 5.11 Å². The van der Waals surface area contributed by atoms with E-state index in [1.807, 2.05) is 18.2 Å². The Morgan fingerprint density at radius 3 is 2.83 bits per heavy atom. The summed E-state index contributed by atoms with van der Waals surface area (Å²) in [5.74, 6) is 0. The third-order valence-electron chi connectivity index (χ3n) is 1.24. The van der Waals surface area contributed by atoms with E-state index in [2.05, 4.69) is 33.9 Å². The standard InChI is InChI=1S/C7H7BrN2S2/c8-4-2-1-3-5(6(4)11)10-7(9)12/h1-3,11H,(H3,9,10,12). The van der Waals surface area contributed by atoms with Gasteiger partial charge in [-0.25, -0.2) is 0 Å². The molecule has 0 aliphatic carbocycles. The highest BCUT2D eigenvalue weighted by molar-refractivity contribution is 9.10. The van der Waals surface area contributed by atoms with Crippen LogP contribution in [0.2, 0.25) is 0 Å². The second kappa shape index (κ2) is 4.11. The zero-order valence-corrected chi connectivity index (χ0v) is 9.34. The summed E-state index contributed by atoms with van der Waals surface area (Å²) in [7, 11) is 0. The molecule has 1 aromatic rings. The first-order valence-corrected chi connectivity index (χ1v) is 4.80. The molecule has 0 unspecified atom stereocenters. The van der Waals surface area contributed by atoms with Crippen molar-refractivity contribution in [1.29, 1.82) is 0 Å². The van der Waals surface area contributed by atoms with Gasteiger partial charge in [0.1, 0.15) is 0 Å². The minimum Gasteiger partial charge on any atom is -0.376 e. The van der Waals surface area contributed by atoms with Gasteiger partial charge in [-0.3, -0.25) is 0 Å². The van der Waals surface area contributed by atoms with E-state index in [0.29, 0.717) is 0 Å². The summed E-state index contributed by atoms with van der Waals surface area (Å²) in [5.41, 5.74) is 6.12. The lowest BCUT2D eigenvalue weighted by Gasteiger charge is -2.07. The molecule has 3 N–H and O–H groups in total. The Labute approximate surface area is 90.1 Å². The molecule has 0 saturated carbocycles. The van der Waals surface area contributed by atoms with Crippen LogP contribution in [0, 0.1) is 0 Å². The second-order valence-electron chi connectivity index (χ2n) is 2.13. The molecule has 1 rings (SSSR count). The minimum absolute atomic E-state index is 0.239. The van der Waals surface area contributed by atoms with Crippen molar-refractivity contribution in [2.75, 3.05) is 5.32 Å². The summed E-state index contributed by atoms with van der Waals surface area (Å²) in [6.07, 6.45) is 0. The van der Waals surface area contributed by atoms with Crippen LogP contribution in [0.5, 0.6) is 0 Å². The molecule has 0 amide bonds. The van der Waals surface area contributed by atoms with Crippen molar-refractivity contribution in [3.05, 3.63) is 22.7 Å². The molecule has 0 bridgehead atoms. The molecule has 0 saturated heterocycles. The van der Waals surface area contributed by atoms with Gasteiger partial charge in [0.15, 0.2) is 5.11 Å². The van der Waals surface area contributed by atoms with Gasteiger partial charge in [0, 0.05) is 9.37 Å². The molecule has 0 aliphatic heterocycles. The van der Waals surface area contributed by atoms with Crippen LogP contribution in [-0.4, -0.2) is 5.11 Å². The van der Waals surface area contributed by atoms with Crippen molar-refractivity contribution in [2.45, 2.75) is 4.90 Å². The number of halogens is 1. The Hall–Kier alpha value is -0.260. The zero-order chi connectivity index (χ0) is 9.14. The van der Waals surface area contributed by atoms with Gasteiger partial charge in [-0.05, 0) is 40.3 Å². The van der Waals surface area contributed by atoms with Crippen molar-refractivity contribution in [3.63, 3.8) is 0 Å². The van der Waals surface area contributed by atoms with Gasteiger partial charge in [0.2, 0.25) is 0 Å². The predicted molar refractivity (Wildman–Crippen MR) is 61.8 cm³/mol. The molecule has 0 atom stereocenters. The summed E-state index contributed by atoms with van der Waals surface area (Å²) in [6.45, 7) is 0. The third-order valence-corrected chi connectivity index (χ3v) is 2.80. The molecular formula is C7H7BrN2S2. The third kappa shape index (κ3) is 2.36. The number of thiol groups is 1. The molecule has 0 radical (unpaired) electrons. The Morgan fingerprint density at radius 1 is 1.58 bits per heavy atom. The van der Waals surface area contributed by atoms with Crippen LogP contribution in [0.3, 0.4) is 0 Å². The summed E-state index contributed by atoms with van der Waals surface area (Å²) >= 11 is 12.3. The van der Waals surface area contributed by atoms with Crippen LogP contribution in [-0.2, 0) is 0 Å². The number of benzene rings is 1.